The SMILES string of the molecule is CCn1c(CC2CCNCC2)nc2c(F)cccc21. The molecule has 1 aliphatic heterocycles. The van der Waals surface area contributed by atoms with Gasteiger partial charge >= 0.3 is 0 Å². The first-order valence-corrected chi connectivity index (χ1v) is 7.14. The smallest absolute Gasteiger partial charge is 0.151 e. The fraction of sp³-hybridized carbons (Fsp3) is 0.533. The number of aryl methyl sites for hydroxylation is 1. The summed E-state index contributed by atoms with van der Waals surface area (Å²) in [7, 11) is 0. The van der Waals surface area contributed by atoms with Crippen molar-refractivity contribution in [1.29, 1.82) is 0 Å². The van der Waals surface area contributed by atoms with E-state index in [0.29, 0.717) is 11.4 Å². The summed E-state index contributed by atoms with van der Waals surface area (Å²) in [6.45, 7) is 5.12. The van der Waals surface area contributed by atoms with E-state index in [9.17, 15) is 4.39 Å². The van der Waals surface area contributed by atoms with E-state index in [1.807, 2.05) is 6.07 Å². The fourth-order valence-corrected chi connectivity index (χ4v) is 3.01. The Hall–Kier alpha value is -1.42. The number of imidazole rings is 1. The first-order valence-electron chi connectivity index (χ1n) is 7.14. The Morgan fingerprint density at radius 3 is 2.89 bits per heavy atom. The van der Waals surface area contributed by atoms with Gasteiger partial charge in [0.15, 0.2) is 5.82 Å². The van der Waals surface area contributed by atoms with Gasteiger partial charge < -0.3 is 9.88 Å². The number of hydrogen-bond donors (Lipinski definition) is 1. The van der Waals surface area contributed by atoms with Gasteiger partial charge in [-0.05, 0) is 50.9 Å². The number of benzene rings is 1. The van der Waals surface area contributed by atoms with E-state index in [2.05, 4.69) is 21.8 Å². The highest BCUT2D eigenvalue weighted by atomic mass is 19.1. The number of nitrogens with zero attached hydrogens (tertiary/aromatic N) is 2. The van der Waals surface area contributed by atoms with E-state index in [1.54, 1.807) is 6.07 Å². The van der Waals surface area contributed by atoms with Gasteiger partial charge in [-0.3, -0.25) is 0 Å². The van der Waals surface area contributed by atoms with Gasteiger partial charge in [0, 0.05) is 13.0 Å². The van der Waals surface area contributed by atoms with Crippen molar-refractivity contribution in [1.82, 2.24) is 14.9 Å². The third kappa shape index (κ3) is 2.37. The van der Waals surface area contributed by atoms with Crippen LogP contribution in [0.2, 0.25) is 0 Å². The van der Waals surface area contributed by atoms with Crippen LogP contribution in [0.1, 0.15) is 25.6 Å². The maximum absolute atomic E-state index is 13.8. The summed E-state index contributed by atoms with van der Waals surface area (Å²) in [6.07, 6.45) is 3.34. The van der Waals surface area contributed by atoms with Crippen LogP contribution in [0.5, 0.6) is 0 Å². The van der Waals surface area contributed by atoms with E-state index in [1.165, 1.54) is 18.9 Å². The molecule has 0 unspecified atom stereocenters. The molecule has 1 saturated heterocycles. The number of para-hydroxylation sites is 1. The van der Waals surface area contributed by atoms with Crippen molar-refractivity contribution in [2.75, 3.05) is 13.1 Å². The zero-order valence-electron chi connectivity index (χ0n) is 11.3. The Kier molecular flexibility index (Phi) is 3.51. The molecule has 1 fully saturated rings. The quantitative estimate of drug-likeness (QED) is 0.920. The van der Waals surface area contributed by atoms with Gasteiger partial charge in [-0.2, -0.15) is 0 Å². The van der Waals surface area contributed by atoms with Crippen LogP contribution < -0.4 is 5.32 Å². The molecular weight excluding hydrogens is 241 g/mol. The van der Waals surface area contributed by atoms with Gasteiger partial charge in [-0.1, -0.05) is 6.07 Å². The molecule has 0 saturated carbocycles. The fourth-order valence-electron chi connectivity index (χ4n) is 3.01. The molecule has 0 aliphatic carbocycles. The zero-order valence-corrected chi connectivity index (χ0v) is 11.3. The first-order chi connectivity index (χ1) is 9.29. The minimum Gasteiger partial charge on any atom is -0.328 e. The molecule has 0 amide bonds. The molecule has 1 aliphatic rings. The standard InChI is InChI=1S/C15H20FN3/c1-2-19-13-5-3-4-12(16)15(13)18-14(19)10-11-6-8-17-9-7-11/h3-5,11,17H,2,6-10H2,1H3. The zero-order chi connectivity index (χ0) is 13.2. The van der Waals surface area contributed by atoms with Gasteiger partial charge in [0.25, 0.3) is 0 Å². The Morgan fingerprint density at radius 1 is 1.37 bits per heavy atom. The van der Waals surface area contributed by atoms with E-state index in [-0.39, 0.29) is 5.82 Å². The normalized spacial score (nSPS) is 17.2. The highest BCUT2D eigenvalue weighted by Gasteiger charge is 2.18. The molecule has 2 aromatic rings. The molecule has 1 N–H and O–H groups in total. The molecule has 4 heteroatoms. The molecule has 102 valence electrons. The number of halogens is 1. The second-order valence-electron chi connectivity index (χ2n) is 5.28. The van der Waals surface area contributed by atoms with Crippen LogP contribution in [-0.4, -0.2) is 22.6 Å². The summed E-state index contributed by atoms with van der Waals surface area (Å²) < 4.78 is 16.0. The van der Waals surface area contributed by atoms with Gasteiger partial charge in [0.1, 0.15) is 11.3 Å². The second kappa shape index (κ2) is 5.29. The highest BCUT2D eigenvalue weighted by Crippen LogP contribution is 2.23. The molecule has 3 nitrogen and oxygen atoms in total. The van der Waals surface area contributed by atoms with Crippen LogP contribution in [0.25, 0.3) is 11.0 Å². The summed E-state index contributed by atoms with van der Waals surface area (Å²) in [4.78, 5) is 4.54. The molecule has 0 radical (unpaired) electrons. The molecule has 19 heavy (non-hydrogen) atoms. The number of hydrogen-bond acceptors (Lipinski definition) is 2. The van der Waals surface area contributed by atoms with Crippen molar-refractivity contribution in [3.8, 4) is 0 Å². The predicted molar refractivity (Wildman–Crippen MR) is 74.7 cm³/mol. The summed E-state index contributed by atoms with van der Waals surface area (Å²) in [6, 6.07) is 5.21. The summed E-state index contributed by atoms with van der Waals surface area (Å²) >= 11 is 0. The van der Waals surface area contributed by atoms with Crippen LogP contribution in [0, 0.1) is 11.7 Å². The van der Waals surface area contributed by atoms with E-state index < -0.39 is 0 Å². The van der Waals surface area contributed by atoms with Crippen LogP contribution in [-0.2, 0) is 13.0 Å². The van der Waals surface area contributed by atoms with Crippen molar-refractivity contribution in [3.05, 3.63) is 29.8 Å². The number of fused-ring (bicyclic) bond motifs is 1. The number of nitrogens with one attached hydrogen (secondary N) is 1. The summed E-state index contributed by atoms with van der Waals surface area (Å²) in [5.74, 6) is 1.50. The first kappa shape index (κ1) is 12.6. The van der Waals surface area contributed by atoms with Gasteiger partial charge in [-0.15, -0.1) is 0 Å². The number of rotatable bonds is 3. The molecule has 3 rings (SSSR count). The van der Waals surface area contributed by atoms with Crippen LogP contribution >= 0.6 is 0 Å². The Morgan fingerprint density at radius 2 is 2.16 bits per heavy atom. The van der Waals surface area contributed by atoms with E-state index >= 15 is 0 Å². The number of aromatic nitrogens is 2. The maximum atomic E-state index is 13.8. The summed E-state index contributed by atoms with van der Waals surface area (Å²) in [5, 5.41) is 3.38. The van der Waals surface area contributed by atoms with Crippen molar-refractivity contribution in [3.63, 3.8) is 0 Å². The molecule has 2 heterocycles. The van der Waals surface area contributed by atoms with Gasteiger partial charge in [0.05, 0.1) is 5.52 Å². The van der Waals surface area contributed by atoms with Crippen molar-refractivity contribution in [2.45, 2.75) is 32.7 Å². The van der Waals surface area contributed by atoms with Crippen molar-refractivity contribution in [2.24, 2.45) is 5.92 Å². The molecular formula is C15H20FN3. The Bertz CT molecular complexity index is 570. The van der Waals surface area contributed by atoms with Crippen LogP contribution in [0.4, 0.5) is 4.39 Å². The average Bonchev–Trinajstić information content (AvgIpc) is 2.79. The van der Waals surface area contributed by atoms with Crippen LogP contribution in [0.3, 0.4) is 0 Å². The predicted octanol–water partition coefficient (Wildman–Crippen LogP) is 2.74. The Balaban J connectivity index is 1.95. The lowest BCUT2D eigenvalue weighted by molar-refractivity contribution is 0.364. The third-order valence-electron chi connectivity index (χ3n) is 4.05. The summed E-state index contributed by atoms with van der Waals surface area (Å²) in [5.41, 5.74) is 1.44. The largest absolute Gasteiger partial charge is 0.328 e. The van der Waals surface area contributed by atoms with Gasteiger partial charge in [0.2, 0.25) is 0 Å². The molecule has 0 spiro atoms. The minimum atomic E-state index is -0.212. The highest BCUT2D eigenvalue weighted by molar-refractivity contribution is 5.76. The lowest BCUT2D eigenvalue weighted by Crippen LogP contribution is -2.29. The minimum absolute atomic E-state index is 0.212. The van der Waals surface area contributed by atoms with E-state index in [4.69, 9.17) is 0 Å². The topological polar surface area (TPSA) is 29.9 Å². The lowest BCUT2D eigenvalue weighted by atomic mass is 9.94. The van der Waals surface area contributed by atoms with Gasteiger partial charge in [-0.25, -0.2) is 9.37 Å². The maximum Gasteiger partial charge on any atom is 0.151 e. The third-order valence-corrected chi connectivity index (χ3v) is 4.05. The number of piperidine rings is 1. The molecule has 0 atom stereocenters. The Labute approximate surface area is 112 Å². The van der Waals surface area contributed by atoms with Crippen LogP contribution in [0.15, 0.2) is 18.2 Å². The lowest BCUT2D eigenvalue weighted by Gasteiger charge is -2.22. The van der Waals surface area contributed by atoms with E-state index in [0.717, 1.165) is 37.4 Å². The molecule has 0 bridgehead atoms. The van der Waals surface area contributed by atoms with Crippen molar-refractivity contribution >= 4 is 11.0 Å². The average molecular weight is 261 g/mol. The van der Waals surface area contributed by atoms with Crippen molar-refractivity contribution < 1.29 is 4.39 Å². The second-order valence-corrected chi connectivity index (χ2v) is 5.28. The monoisotopic (exact) mass is 261 g/mol. The molecule has 1 aromatic carbocycles. The molecule has 1 aromatic heterocycles.